The number of aromatic nitrogens is 1. The fourth-order valence-electron chi connectivity index (χ4n) is 6.12. The topological polar surface area (TPSA) is 86.9 Å². The molecule has 0 unspecified atom stereocenters. The number of para-hydroxylation sites is 1. The van der Waals surface area contributed by atoms with Gasteiger partial charge in [0.2, 0.25) is 11.8 Å². The Kier molecular flexibility index (Phi) is 5.67. The van der Waals surface area contributed by atoms with Crippen molar-refractivity contribution in [2.75, 3.05) is 52.5 Å². The third kappa shape index (κ3) is 3.74. The number of aromatic amines is 1. The Morgan fingerprint density at radius 3 is 2.94 bits per heavy atom. The number of fused-ring (bicyclic) bond motifs is 2. The minimum atomic E-state index is -0.655. The molecule has 180 valence electrons. The number of benzene rings is 1. The minimum Gasteiger partial charge on any atom is -0.379 e. The van der Waals surface area contributed by atoms with Gasteiger partial charge in [-0.2, -0.15) is 0 Å². The van der Waals surface area contributed by atoms with E-state index in [0.29, 0.717) is 19.6 Å². The summed E-state index contributed by atoms with van der Waals surface area (Å²) in [5, 5.41) is 4.28. The highest BCUT2D eigenvalue weighted by Crippen LogP contribution is 2.51. The summed E-state index contributed by atoms with van der Waals surface area (Å²) in [6.07, 6.45) is 7.38. The lowest BCUT2D eigenvalue weighted by Gasteiger charge is -2.27. The summed E-state index contributed by atoms with van der Waals surface area (Å²) in [4.78, 5) is 34.1. The van der Waals surface area contributed by atoms with E-state index in [1.807, 2.05) is 35.4 Å². The van der Waals surface area contributed by atoms with Crippen molar-refractivity contribution in [3.63, 3.8) is 0 Å². The van der Waals surface area contributed by atoms with Gasteiger partial charge in [0.15, 0.2) is 0 Å². The van der Waals surface area contributed by atoms with Crippen LogP contribution in [0.3, 0.4) is 0 Å². The van der Waals surface area contributed by atoms with Crippen LogP contribution in [0.2, 0.25) is 0 Å². The zero-order valence-electron chi connectivity index (χ0n) is 19.4. The second-order valence-electron chi connectivity index (χ2n) is 9.87. The summed E-state index contributed by atoms with van der Waals surface area (Å²) < 4.78 is 11.7. The largest absolute Gasteiger partial charge is 0.379 e. The van der Waals surface area contributed by atoms with Gasteiger partial charge in [0.05, 0.1) is 37.7 Å². The van der Waals surface area contributed by atoms with E-state index in [1.54, 1.807) is 0 Å². The first-order valence-corrected chi connectivity index (χ1v) is 12.4. The van der Waals surface area contributed by atoms with E-state index >= 15 is 0 Å². The molecule has 8 nitrogen and oxygen atoms in total. The number of amides is 2. The second-order valence-corrected chi connectivity index (χ2v) is 9.87. The minimum absolute atomic E-state index is 0.0418. The monoisotopic (exact) mass is 464 g/mol. The summed E-state index contributed by atoms with van der Waals surface area (Å²) in [6.45, 7) is 6.16. The number of morpholine rings is 1. The second kappa shape index (κ2) is 8.83. The number of nitrogens with one attached hydrogen (secondary N) is 2. The van der Waals surface area contributed by atoms with Crippen molar-refractivity contribution in [1.29, 1.82) is 0 Å². The number of carbonyl (C=O) groups is 2. The van der Waals surface area contributed by atoms with Gasteiger partial charge in [-0.15, -0.1) is 0 Å². The Hall–Kier alpha value is -2.68. The maximum Gasteiger partial charge on any atom is 0.230 e. The average molecular weight is 465 g/mol. The SMILES string of the molecule is O=C(NCCCN1CCOCC1)[C@H]1[C@@H]2C=C[C@]3(CN(CCc4c[nH]c5ccccc45)C(=O)[C@@H]13)O2. The number of ether oxygens (including phenoxy) is 2. The van der Waals surface area contributed by atoms with Crippen LogP contribution in [0, 0.1) is 11.8 Å². The molecule has 34 heavy (non-hydrogen) atoms. The lowest BCUT2D eigenvalue weighted by atomic mass is 9.77. The van der Waals surface area contributed by atoms with Crippen molar-refractivity contribution < 1.29 is 19.1 Å². The third-order valence-electron chi connectivity index (χ3n) is 7.86. The molecule has 3 fully saturated rings. The van der Waals surface area contributed by atoms with Crippen molar-refractivity contribution in [3.05, 3.63) is 48.2 Å². The molecule has 2 amide bonds. The van der Waals surface area contributed by atoms with Crippen LogP contribution in [0.15, 0.2) is 42.6 Å². The molecule has 3 saturated heterocycles. The molecular weight excluding hydrogens is 432 g/mol. The molecule has 8 heteroatoms. The number of rotatable bonds is 8. The van der Waals surface area contributed by atoms with Gasteiger partial charge in [0.1, 0.15) is 5.60 Å². The van der Waals surface area contributed by atoms with Crippen molar-refractivity contribution in [2.45, 2.75) is 24.5 Å². The van der Waals surface area contributed by atoms with Crippen molar-refractivity contribution in [1.82, 2.24) is 20.1 Å². The zero-order valence-corrected chi connectivity index (χ0v) is 19.4. The Labute approximate surface area is 199 Å². The van der Waals surface area contributed by atoms with Gasteiger partial charge in [-0.1, -0.05) is 30.4 Å². The first-order valence-electron chi connectivity index (χ1n) is 12.4. The van der Waals surface area contributed by atoms with E-state index in [9.17, 15) is 9.59 Å². The van der Waals surface area contributed by atoms with Crippen LogP contribution in [-0.4, -0.2) is 90.8 Å². The molecule has 0 aliphatic carbocycles. The summed E-state index contributed by atoms with van der Waals surface area (Å²) in [5.74, 6) is -0.890. The molecule has 6 rings (SSSR count). The summed E-state index contributed by atoms with van der Waals surface area (Å²) in [6, 6.07) is 8.21. The summed E-state index contributed by atoms with van der Waals surface area (Å²) >= 11 is 0. The van der Waals surface area contributed by atoms with E-state index in [-0.39, 0.29) is 17.9 Å². The van der Waals surface area contributed by atoms with Gasteiger partial charge >= 0.3 is 0 Å². The Balaban J connectivity index is 1.07. The van der Waals surface area contributed by atoms with Gasteiger partial charge in [0.25, 0.3) is 0 Å². The lowest BCUT2D eigenvalue weighted by molar-refractivity contribution is -0.137. The van der Waals surface area contributed by atoms with Gasteiger partial charge in [-0.05, 0) is 31.0 Å². The first kappa shape index (κ1) is 21.8. The highest BCUT2D eigenvalue weighted by Gasteiger charge is 2.66. The zero-order chi connectivity index (χ0) is 23.1. The molecule has 4 atom stereocenters. The third-order valence-corrected chi connectivity index (χ3v) is 7.86. The number of nitrogens with zero attached hydrogens (tertiary/aromatic N) is 2. The maximum absolute atomic E-state index is 13.5. The predicted octanol–water partition coefficient (Wildman–Crippen LogP) is 1.33. The number of carbonyl (C=O) groups excluding carboxylic acids is 2. The Bertz CT molecular complexity index is 1110. The molecule has 2 bridgehead atoms. The summed E-state index contributed by atoms with van der Waals surface area (Å²) in [5.41, 5.74) is 1.65. The molecule has 1 aromatic heterocycles. The van der Waals surface area contributed by atoms with Crippen molar-refractivity contribution in [3.8, 4) is 0 Å². The van der Waals surface area contributed by atoms with Crippen LogP contribution >= 0.6 is 0 Å². The Morgan fingerprint density at radius 1 is 1.21 bits per heavy atom. The standard InChI is InChI=1S/C26H32N4O4/c31-24(27-9-3-10-29-12-14-33-15-13-29)22-21-6-8-26(34-21)17-30(25(32)23(22)26)11-7-18-16-28-20-5-2-1-4-19(18)20/h1-2,4-6,8,16,21-23,28H,3,7,9-15,17H2,(H,27,31)/t21-,22-,23+,26+/m0/s1. The fourth-order valence-corrected chi connectivity index (χ4v) is 6.12. The molecule has 2 N–H and O–H groups in total. The van der Waals surface area contributed by atoms with Crippen LogP contribution in [0.25, 0.3) is 10.9 Å². The van der Waals surface area contributed by atoms with Crippen LogP contribution in [0.5, 0.6) is 0 Å². The quantitative estimate of drug-likeness (QED) is 0.455. The first-order chi connectivity index (χ1) is 16.6. The van der Waals surface area contributed by atoms with Crippen molar-refractivity contribution >= 4 is 22.7 Å². The number of likely N-dealkylation sites (tertiary alicyclic amines) is 1. The number of H-pyrrole nitrogens is 1. The molecule has 4 aliphatic rings. The Morgan fingerprint density at radius 2 is 2.06 bits per heavy atom. The van der Waals surface area contributed by atoms with E-state index in [4.69, 9.17) is 9.47 Å². The molecule has 1 aromatic carbocycles. The van der Waals surface area contributed by atoms with Gasteiger partial charge < -0.3 is 24.7 Å². The predicted molar refractivity (Wildman–Crippen MR) is 127 cm³/mol. The molecule has 0 saturated carbocycles. The van der Waals surface area contributed by atoms with Gasteiger partial charge in [-0.25, -0.2) is 0 Å². The molecule has 4 aliphatic heterocycles. The average Bonchev–Trinajstić information content (AvgIpc) is 3.61. The van der Waals surface area contributed by atoms with Crippen LogP contribution < -0.4 is 5.32 Å². The summed E-state index contributed by atoms with van der Waals surface area (Å²) in [7, 11) is 0. The maximum atomic E-state index is 13.5. The van der Waals surface area contributed by atoms with E-state index in [0.717, 1.165) is 51.2 Å². The van der Waals surface area contributed by atoms with Crippen LogP contribution in [-0.2, 0) is 25.5 Å². The van der Waals surface area contributed by atoms with Gasteiger partial charge in [-0.3, -0.25) is 14.5 Å². The van der Waals surface area contributed by atoms with Gasteiger partial charge in [0, 0.05) is 43.3 Å². The fraction of sp³-hybridized carbons (Fsp3) is 0.538. The van der Waals surface area contributed by atoms with Crippen LogP contribution in [0.4, 0.5) is 0 Å². The normalized spacial score (nSPS) is 30.4. The highest BCUT2D eigenvalue weighted by atomic mass is 16.5. The number of hydrogen-bond acceptors (Lipinski definition) is 5. The molecule has 5 heterocycles. The molecular formula is C26H32N4O4. The number of hydrogen-bond donors (Lipinski definition) is 2. The smallest absolute Gasteiger partial charge is 0.230 e. The molecule has 0 radical (unpaired) electrons. The van der Waals surface area contributed by atoms with Crippen molar-refractivity contribution in [2.24, 2.45) is 11.8 Å². The molecule has 1 spiro atoms. The molecule has 2 aromatic rings. The van der Waals surface area contributed by atoms with Crippen LogP contribution in [0.1, 0.15) is 12.0 Å². The lowest BCUT2D eigenvalue weighted by Crippen LogP contribution is -2.45. The van der Waals surface area contributed by atoms with E-state index in [2.05, 4.69) is 27.3 Å². The van der Waals surface area contributed by atoms with E-state index in [1.165, 1.54) is 10.9 Å². The van der Waals surface area contributed by atoms with E-state index < -0.39 is 17.4 Å². The highest BCUT2D eigenvalue weighted by molar-refractivity contribution is 5.93.